The minimum Gasteiger partial charge on any atom is -0.361 e. The Kier molecular flexibility index (Phi) is 2.96. The van der Waals surface area contributed by atoms with Gasteiger partial charge in [0.15, 0.2) is 0 Å². The highest BCUT2D eigenvalue weighted by Crippen LogP contribution is 2.22. The molecule has 2 aromatic carbocycles. The average molecular weight is 288 g/mol. The summed E-state index contributed by atoms with van der Waals surface area (Å²) in [7, 11) is -4.15. The monoisotopic (exact) mass is 288 g/mol. The number of benzene rings is 2. The smallest absolute Gasteiger partial charge is 0.294 e. The lowest BCUT2D eigenvalue weighted by Crippen LogP contribution is -1.98. The fourth-order valence-corrected chi connectivity index (χ4v) is 2.49. The lowest BCUT2D eigenvalue weighted by Gasteiger charge is -2.07. The summed E-state index contributed by atoms with van der Waals surface area (Å²) in [6.45, 7) is 0. The molecule has 0 atom stereocenters. The van der Waals surface area contributed by atoms with E-state index in [0.717, 1.165) is 22.3 Å². The molecule has 1 heterocycles. The minimum absolute atomic E-state index is 0.121. The van der Waals surface area contributed by atoms with E-state index in [4.69, 9.17) is 4.55 Å². The SMILES string of the molecule is O=S(=O)(O)c1ccc(Nc2ccc3[nH]ccc3c2)cc1. The molecule has 3 N–H and O–H groups in total. The second-order valence-corrected chi connectivity index (χ2v) is 5.83. The highest BCUT2D eigenvalue weighted by molar-refractivity contribution is 7.85. The van der Waals surface area contributed by atoms with Crippen LogP contribution in [0.15, 0.2) is 59.6 Å². The Morgan fingerprint density at radius 2 is 1.65 bits per heavy atom. The number of hydrogen-bond donors (Lipinski definition) is 3. The Morgan fingerprint density at radius 3 is 2.35 bits per heavy atom. The van der Waals surface area contributed by atoms with Crippen LogP contribution in [0.1, 0.15) is 0 Å². The Balaban J connectivity index is 1.87. The molecular formula is C14H12N2O3S. The summed E-state index contributed by atoms with van der Waals surface area (Å²) in [5.41, 5.74) is 2.70. The van der Waals surface area contributed by atoms with Crippen LogP contribution in [0.3, 0.4) is 0 Å². The average Bonchev–Trinajstić information content (AvgIpc) is 2.86. The van der Waals surface area contributed by atoms with E-state index in [9.17, 15) is 8.42 Å². The van der Waals surface area contributed by atoms with Crippen molar-refractivity contribution in [3.63, 3.8) is 0 Å². The molecule has 0 spiro atoms. The Labute approximate surface area is 116 Å². The van der Waals surface area contributed by atoms with Crippen LogP contribution >= 0.6 is 0 Å². The lowest BCUT2D eigenvalue weighted by atomic mass is 10.2. The van der Waals surface area contributed by atoms with Crippen molar-refractivity contribution in [2.45, 2.75) is 4.90 Å². The number of nitrogens with one attached hydrogen (secondary N) is 2. The molecular weight excluding hydrogens is 276 g/mol. The van der Waals surface area contributed by atoms with Crippen LogP contribution in [-0.2, 0) is 10.1 Å². The summed E-state index contributed by atoms with van der Waals surface area (Å²) in [4.78, 5) is 2.99. The first-order valence-electron chi connectivity index (χ1n) is 5.94. The molecule has 102 valence electrons. The Hall–Kier alpha value is -2.31. The molecule has 5 nitrogen and oxygen atoms in total. The third-order valence-corrected chi connectivity index (χ3v) is 3.86. The van der Waals surface area contributed by atoms with E-state index in [1.165, 1.54) is 12.1 Å². The molecule has 0 saturated carbocycles. The van der Waals surface area contributed by atoms with E-state index in [1.54, 1.807) is 12.1 Å². The predicted molar refractivity (Wildman–Crippen MR) is 77.8 cm³/mol. The molecule has 6 heteroatoms. The van der Waals surface area contributed by atoms with Gasteiger partial charge >= 0.3 is 0 Å². The van der Waals surface area contributed by atoms with Crippen LogP contribution in [0.2, 0.25) is 0 Å². The number of aromatic nitrogens is 1. The molecule has 0 aliphatic rings. The van der Waals surface area contributed by atoms with Crippen LogP contribution in [-0.4, -0.2) is 18.0 Å². The number of fused-ring (bicyclic) bond motifs is 1. The summed E-state index contributed by atoms with van der Waals surface area (Å²) >= 11 is 0. The van der Waals surface area contributed by atoms with Crippen LogP contribution in [0.5, 0.6) is 0 Å². The highest BCUT2D eigenvalue weighted by atomic mass is 32.2. The molecule has 0 aliphatic carbocycles. The predicted octanol–water partition coefficient (Wildman–Crippen LogP) is 3.16. The van der Waals surface area contributed by atoms with E-state index in [0.29, 0.717) is 0 Å². The van der Waals surface area contributed by atoms with Gasteiger partial charge in [-0.15, -0.1) is 0 Å². The van der Waals surface area contributed by atoms with Gasteiger partial charge in [-0.05, 0) is 48.5 Å². The van der Waals surface area contributed by atoms with Crippen molar-refractivity contribution in [1.82, 2.24) is 4.98 Å². The second kappa shape index (κ2) is 4.66. The van der Waals surface area contributed by atoms with Crippen molar-refractivity contribution in [3.05, 3.63) is 54.7 Å². The number of anilines is 2. The molecule has 3 aromatic rings. The molecule has 0 radical (unpaired) electrons. The van der Waals surface area contributed by atoms with E-state index < -0.39 is 10.1 Å². The van der Waals surface area contributed by atoms with Crippen molar-refractivity contribution < 1.29 is 13.0 Å². The first-order chi connectivity index (χ1) is 9.52. The zero-order chi connectivity index (χ0) is 14.2. The topological polar surface area (TPSA) is 82.2 Å². The van der Waals surface area contributed by atoms with Crippen molar-refractivity contribution in [2.24, 2.45) is 0 Å². The van der Waals surface area contributed by atoms with Gasteiger partial charge in [-0.25, -0.2) is 0 Å². The molecule has 3 rings (SSSR count). The second-order valence-electron chi connectivity index (χ2n) is 4.40. The summed E-state index contributed by atoms with van der Waals surface area (Å²) in [6.07, 6.45) is 1.87. The summed E-state index contributed by atoms with van der Waals surface area (Å²) in [6, 6.07) is 13.8. The van der Waals surface area contributed by atoms with Gasteiger partial charge in [0, 0.05) is 28.5 Å². The van der Waals surface area contributed by atoms with Gasteiger partial charge in [0.1, 0.15) is 0 Å². The first-order valence-corrected chi connectivity index (χ1v) is 7.38. The number of rotatable bonds is 3. The molecule has 20 heavy (non-hydrogen) atoms. The number of hydrogen-bond acceptors (Lipinski definition) is 3. The van der Waals surface area contributed by atoms with Crippen molar-refractivity contribution in [2.75, 3.05) is 5.32 Å². The fourth-order valence-electron chi connectivity index (χ4n) is 2.01. The molecule has 0 unspecified atom stereocenters. The summed E-state index contributed by atoms with van der Waals surface area (Å²) in [5, 5.41) is 4.26. The molecule has 0 fully saturated rings. The van der Waals surface area contributed by atoms with Gasteiger partial charge < -0.3 is 10.3 Å². The van der Waals surface area contributed by atoms with Gasteiger partial charge in [-0.3, -0.25) is 4.55 Å². The van der Waals surface area contributed by atoms with Crippen molar-refractivity contribution in [1.29, 1.82) is 0 Å². The van der Waals surface area contributed by atoms with Crippen molar-refractivity contribution in [3.8, 4) is 0 Å². The van der Waals surface area contributed by atoms with Crippen LogP contribution in [0.4, 0.5) is 11.4 Å². The molecule has 0 bridgehead atoms. The Bertz CT molecular complexity index is 852. The maximum atomic E-state index is 11.0. The molecule has 0 saturated heterocycles. The number of H-pyrrole nitrogens is 1. The maximum Gasteiger partial charge on any atom is 0.294 e. The third kappa shape index (κ3) is 2.52. The third-order valence-electron chi connectivity index (χ3n) is 2.99. The maximum absolute atomic E-state index is 11.0. The van der Waals surface area contributed by atoms with Gasteiger partial charge in [-0.1, -0.05) is 0 Å². The van der Waals surface area contributed by atoms with Gasteiger partial charge in [0.2, 0.25) is 0 Å². The minimum atomic E-state index is -4.15. The van der Waals surface area contributed by atoms with E-state index in [-0.39, 0.29) is 4.90 Å². The van der Waals surface area contributed by atoms with Gasteiger partial charge in [0.05, 0.1) is 4.90 Å². The lowest BCUT2D eigenvalue weighted by molar-refractivity contribution is 0.483. The van der Waals surface area contributed by atoms with Gasteiger partial charge in [-0.2, -0.15) is 8.42 Å². The molecule has 0 amide bonds. The summed E-state index contributed by atoms with van der Waals surface area (Å²) in [5.74, 6) is 0. The van der Waals surface area contributed by atoms with Crippen molar-refractivity contribution >= 4 is 32.4 Å². The largest absolute Gasteiger partial charge is 0.361 e. The van der Waals surface area contributed by atoms with E-state index in [1.807, 2.05) is 30.5 Å². The zero-order valence-electron chi connectivity index (χ0n) is 10.4. The Morgan fingerprint density at radius 1 is 0.950 bits per heavy atom. The van der Waals surface area contributed by atoms with Crippen LogP contribution in [0.25, 0.3) is 10.9 Å². The number of aromatic amines is 1. The van der Waals surface area contributed by atoms with Crippen LogP contribution < -0.4 is 5.32 Å². The zero-order valence-corrected chi connectivity index (χ0v) is 11.2. The van der Waals surface area contributed by atoms with Gasteiger partial charge in [0.25, 0.3) is 10.1 Å². The fraction of sp³-hybridized carbons (Fsp3) is 0. The van der Waals surface area contributed by atoms with E-state index in [2.05, 4.69) is 10.3 Å². The van der Waals surface area contributed by atoms with Crippen LogP contribution in [0, 0.1) is 0 Å². The quantitative estimate of drug-likeness (QED) is 0.646. The standard InChI is InChI=1S/C14H12N2O3S/c17-20(18,19)13-4-1-11(2-5-13)16-12-3-6-14-10(9-12)7-8-15-14/h1-9,15-16H,(H,17,18,19). The first kappa shape index (κ1) is 12.7. The summed E-state index contributed by atoms with van der Waals surface area (Å²) < 4.78 is 30.8. The normalized spacial score (nSPS) is 11.7. The van der Waals surface area contributed by atoms with E-state index >= 15 is 0 Å². The molecule has 1 aromatic heterocycles. The highest BCUT2D eigenvalue weighted by Gasteiger charge is 2.08. The molecule has 0 aliphatic heterocycles.